The van der Waals surface area contributed by atoms with Crippen LogP contribution in [-0.2, 0) is 9.47 Å². The van der Waals surface area contributed by atoms with Crippen molar-refractivity contribution in [1.29, 1.82) is 0 Å². The first-order chi connectivity index (χ1) is 9.06. The first-order valence-corrected chi connectivity index (χ1v) is 6.68. The molecule has 0 unspecified atom stereocenters. The number of nitrogens with two attached hydrogens (primary N) is 1. The number of hydrogen-bond donors (Lipinski definition) is 1. The third-order valence-electron chi connectivity index (χ3n) is 2.25. The summed E-state index contributed by atoms with van der Waals surface area (Å²) in [5, 5.41) is 0.134. The van der Waals surface area contributed by atoms with Gasteiger partial charge in [0, 0.05) is 6.61 Å². The fourth-order valence-electron chi connectivity index (χ4n) is 1.26. The number of nitrogens with zero attached hydrogens (tertiary/aromatic N) is 1. The minimum Gasteiger partial charge on any atom is -0.458 e. The highest BCUT2D eigenvalue weighted by atomic mass is 35.5. The molecule has 2 N–H and O–H groups in total. The number of ether oxygens (including phenoxy) is 2. The molecule has 0 spiro atoms. The maximum atomic E-state index is 11.7. The predicted octanol–water partition coefficient (Wildman–Crippen LogP) is 2.94. The van der Waals surface area contributed by atoms with Gasteiger partial charge in [0.25, 0.3) is 0 Å². The minimum absolute atomic E-state index is 0.0429. The predicted molar refractivity (Wildman–Crippen MR) is 74.7 cm³/mol. The molecule has 1 aromatic rings. The molecule has 1 rings (SSSR count). The average molecular weight is 307 g/mol. The first-order valence-electron chi connectivity index (χ1n) is 5.92. The molecule has 5 nitrogen and oxygen atoms in total. The van der Waals surface area contributed by atoms with Crippen LogP contribution >= 0.6 is 23.2 Å². The molecule has 0 bridgehead atoms. The number of pyridine rings is 1. The van der Waals surface area contributed by atoms with Gasteiger partial charge in [0.1, 0.15) is 11.8 Å². The van der Waals surface area contributed by atoms with Crippen molar-refractivity contribution in [3.8, 4) is 0 Å². The van der Waals surface area contributed by atoms with Crippen molar-refractivity contribution < 1.29 is 14.3 Å². The van der Waals surface area contributed by atoms with E-state index in [0.29, 0.717) is 13.2 Å². The Kier molecular flexibility index (Phi) is 6.91. The van der Waals surface area contributed by atoms with Crippen molar-refractivity contribution in [3.63, 3.8) is 0 Å². The molecule has 0 radical (unpaired) electrons. The van der Waals surface area contributed by atoms with Crippen LogP contribution in [0.5, 0.6) is 0 Å². The van der Waals surface area contributed by atoms with E-state index in [0.717, 1.165) is 12.8 Å². The van der Waals surface area contributed by atoms with E-state index in [-0.39, 0.29) is 28.2 Å². The molecule has 1 heterocycles. The molecule has 0 aliphatic carbocycles. The summed E-state index contributed by atoms with van der Waals surface area (Å²) in [6, 6.07) is 1.37. The van der Waals surface area contributed by atoms with E-state index < -0.39 is 5.97 Å². The van der Waals surface area contributed by atoms with Gasteiger partial charge < -0.3 is 15.2 Å². The van der Waals surface area contributed by atoms with E-state index in [9.17, 15) is 4.79 Å². The normalized spacial score (nSPS) is 10.5. The molecule has 0 aromatic carbocycles. The van der Waals surface area contributed by atoms with Gasteiger partial charge in [-0.1, -0.05) is 36.5 Å². The molecule has 0 atom stereocenters. The molecule has 0 amide bonds. The van der Waals surface area contributed by atoms with Crippen LogP contribution in [0.2, 0.25) is 10.2 Å². The summed E-state index contributed by atoms with van der Waals surface area (Å²) in [6.45, 7) is 3.18. The third kappa shape index (κ3) is 5.22. The highest BCUT2D eigenvalue weighted by molar-refractivity contribution is 6.37. The highest BCUT2D eigenvalue weighted by Gasteiger charge is 2.17. The van der Waals surface area contributed by atoms with Crippen LogP contribution in [0.25, 0.3) is 0 Å². The molecule has 0 aliphatic heterocycles. The van der Waals surface area contributed by atoms with Gasteiger partial charge in [-0.25, -0.2) is 9.78 Å². The van der Waals surface area contributed by atoms with Gasteiger partial charge in [-0.2, -0.15) is 0 Å². The molecular formula is C12H16Cl2N2O3. The third-order valence-corrected chi connectivity index (χ3v) is 2.84. The Balaban J connectivity index is 2.46. The Hall–Kier alpha value is -1.04. The van der Waals surface area contributed by atoms with Crippen molar-refractivity contribution in [2.24, 2.45) is 0 Å². The number of hydrogen-bond acceptors (Lipinski definition) is 5. The Morgan fingerprint density at radius 2 is 2.11 bits per heavy atom. The number of nitrogen functional groups attached to an aromatic ring is 1. The lowest BCUT2D eigenvalue weighted by Crippen LogP contribution is -2.13. The van der Waals surface area contributed by atoms with Gasteiger partial charge in [-0.05, 0) is 12.5 Å². The minimum atomic E-state index is -0.668. The zero-order valence-electron chi connectivity index (χ0n) is 10.6. The number of carbonyl (C=O) groups is 1. The number of unbranched alkanes of at least 4 members (excludes halogenated alkanes) is 1. The van der Waals surface area contributed by atoms with E-state index in [1.54, 1.807) is 0 Å². The average Bonchev–Trinajstić information content (AvgIpc) is 2.37. The lowest BCUT2D eigenvalue weighted by atomic mass is 10.3. The zero-order valence-corrected chi connectivity index (χ0v) is 12.1. The maximum Gasteiger partial charge on any atom is 0.358 e. The summed E-state index contributed by atoms with van der Waals surface area (Å²) < 4.78 is 10.2. The van der Waals surface area contributed by atoms with E-state index in [2.05, 4.69) is 11.9 Å². The molecular weight excluding hydrogens is 291 g/mol. The summed E-state index contributed by atoms with van der Waals surface area (Å²) in [4.78, 5) is 15.5. The standard InChI is InChI=1S/C12H16Cl2N2O3/c1-2-3-4-18-5-6-19-12(17)11-10(14)8(15)7-9(13)16-11/h7H,2-6H2,1H3,(H2,15,16). The van der Waals surface area contributed by atoms with E-state index >= 15 is 0 Å². The molecule has 7 heteroatoms. The van der Waals surface area contributed by atoms with E-state index in [1.165, 1.54) is 6.07 Å². The zero-order chi connectivity index (χ0) is 14.3. The number of carbonyl (C=O) groups excluding carboxylic acids is 1. The number of halogens is 2. The summed E-state index contributed by atoms with van der Waals surface area (Å²) in [5.41, 5.74) is 5.68. The molecule has 0 fully saturated rings. The van der Waals surface area contributed by atoms with Crippen molar-refractivity contribution >= 4 is 34.9 Å². The highest BCUT2D eigenvalue weighted by Crippen LogP contribution is 2.25. The monoisotopic (exact) mass is 306 g/mol. The van der Waals surface area contributed by atoms with Crippen LogP contribution in [-0.4, -0.2) is 30.8 Å². The van der Waals surface area contributed by atoms with Crippen LogP contribution < -0.4 is 5.73 Å². The van der Waals surface area contributed by atoms with E-state index in [4.69, 9.17) is 38.4 Å². The fraction of sp³-hybridized carbons (Fsp3) is 0.500. The Bertz CT molecular complexity index is 441. The lowest BCUT2D eigenvalue weighted by Gasteiger charge is -2.08. The molecule has 0 saturated carbocycles. The van der Waals surface area contributed by atoms with Crippen LogP contribution in [0, 0.1) is 0 Å². The van der Waals surface area contributed by atoms with Gasteiger partial charge in [-0.15, -0.1) is 0 Å². The number of aromatic nitrogens is 1. The van der Waals surface area contributed by atoms with Gasteiger partial charge in [-0.3, -0.25) is 0 Å². The van der Waals surface area contributed by atoms with Crippen LogP contribution in [0.4, 0.5) is 5.69 Å². The smallest absolute Gasteiger partial charge is 0.358 e. The second kappa shape index (κ2) is 8.19. The topological polar surface area (TPSA) is 74.4 Å². The SMILES string of the molecule is CCCCOCCOC(=O)c1nc(Cl)cc(N)c1Cl. The Labute approximate surface area is 122 Å². The first kappa shape index (κ1) is 16.0. The molecule has 19 heavy (non-hydrogen) atoms. The Morgan fingerprint density at radius 1 is 1.37 bits per heavy atom. The molecule has 0 saturated heterocycles. The fourth-order valence-corrected chi connectivity index (χ4v) is 1.64. The second-order valence-electron chi connectivity index (χ2n) is 3.80. The second-order valence-corrected chi connectivity index (χ2v) is 4.56. The van der Waals surface area contributed by atoms with Crippen molar-refractivity contribution in [2.75, 3.05) is 25.6 Å². The van der Waals surface area contributed by atoms with Gasteiger partial charge in [0.05, 0.1) is 17.3 Å². The summed E-state index contributed by atoms with van der Waals surface area (Å²) in [5.74, 6) is -0.668. The summed E-state index contributed by atoms with van der Waals surface area (Å²) in [7, 11) is 0. The van der Waals surface area contributed by atoms with Crippen LogP contribution in [0.1, 0.15) is 30.3 Å². The lowest BCUT2D eigenvalue weighted by molar-refractivity contribution is 0.0308. The van der Waals surface area contributed by atoms with Crippen LogP contribution in [0.15, 0.2) is 6.07 Å². The summed E-state index contributed by atoms with van der Waals surface area (Å²) in [6.07, 6.45) is 2.03. The number of esters is 1. The van der Waals surface area contributed by atoms with E-state index in [1.807, 2.05) is 0 Å². The number of rotatable bonds is 7. The van der Waals surface area contributed by atoms with Crippen molar-refractivity contribution in [2.45, 2.75) is 19.8 Å². The molecule has 106 valence electrons. The Morgan fingerprint density at radius 3 is 2.79 bits per heavy atom. The van der Waals surface area contributed by atoms with Crippen molar-refractivity contribution in [3.05, 3.63) is 21.9 Å². The largest absolute Gasteiger partial charge is 0.458 e. The number of anilines is 1. The van der Waals surface area contributed by atoms with Crippen molar-refractivity contribution in [1.82, 2.24) is 4.98 Å². The molecule has 0 aliphatic rings. The van der Waals surface area contributed by atoms with Gasteiger partial charge >= 0.3 is 5.97 Å². The maximum absolute atomic E-state index is 11.7. The van der Waals surface area contributed by atoms with Gasteiger partial charge in [0.15, 0.2) is 5.69 Å². The molecule has 1 aromatic heterocycles. The van der Waals surface area contributed by atoms with Crippen LogP contribution in [0.3, 0.4) is 0 Å². The quantitative estimate of drug-likeness (QED) is 0.476. The van der Waals surface area contributed by atoms with Gasteiger partial charge in [0.2, 0.25) is 0 Å². The summed E-state index contributed by atoms with van der Waals surface area (Å²) >= 11 is 11.6.